The van der Waals surface area contributed by atoms with Gasteiger partial charge < -0.3 is 28.8 Å². The maximum Gasteiger partial charge on any atom is 0.268 e. The first-order valence-corrected chi connectivity index (χ1v) is 30.7. The maximum absolute atomic E-state index is 13.0. The van der Waals surface area contributed by atoms with Gasteiger partial charge in [-0.25, -0.2) is 0 Å². The molecule has 9 heteroatoms. The molecule has 0 bridgehead atoms. The van der Waals surface area contributed by atoms with Crippen LogP contribution in [-0.2, 0) is 18.4 Å². The second-order valence-corrected chi connectivity index (χ2v) is 21.7. The third-order valence-corrected chi connectivity index (χ3v) is 13.0. The van der Waals surface area contributed by atoms with Gasteiger partial charge in [0.25, 0.3) is 7.82 Å². The highest BCUT2D eigenvalue weighted by atomic mass is 31.2. The highest BCUT2D eigenvalue weighted by molar-refractivity contribution is 7.45. The average Bonchev–Trinajstić information content (AvgIpc) is 3.36. The minimum atomic E-state index is -4.62. The fraction of sp³-hybridized carbons (Fsp3) is 0.615. The Morgan fingerprint density at radius 1 is 0.486 bits per heavy atom. The number of aliphatic hydroxyl groups is 1. The van der Waals surface area contributed by atoms with E-state index in [9.17, 15) is 19.4 Å². The highest BCUT2D eigenvalue weighted by Gasteiger charge is 2.23. The van der Waals surface area contributed by atoms with Crippen molar-refractivity contribution in [1.82, 2.24) is 5.32 Å². The smallest absolute Gasteiger partial charge is 0.268 e. The van der Waals surface area contributed by atoms with Crippen LogP contribution in [0.4, 0.5) is 0 Å². The van der Waals surface area contributed by atoms with Crippen LogP contribution in [-0.4, -0.2) is 68.5 Å². The molecule has 74 heavy (non-hydrogen) atoms. The van der Waals surface area contributed by atoms with Crippen molar-refractivity contribution < 1.29 is 32.9 Å². The van der Waals surface area contributed by atoms with Crippen LogP contribution in [0.1, 0.15) is 206 Å². The summed E-state index contributed by atoms with van der Waals surface area (Å²) in [6, 6.07) is -0.927. The standard InChI is InChI=1S/C65H109N2O6P/c1-6-8-10-12-14-16-18-20-22-24-25-26-27-28-29-30-31-32-33-34-35-36-37-38-39-40-41-43-45-47-49-51-53-55-57-59-65(69)66-63(62-73-74(70,71)72-61-60-67(3,4)5)64(68)58-56-54-52-50-48-46-44-42-23-21-19-17-15-13-11-9-7-2/h8,10,14,16,20,22-23,25-26,28-29,31-32,34-35,37-38,40-42,48,50,56,58,63-64,68H,6-7,9,11-13,15,17-19,21,24,27,30,33,36,39,43-47,49,51-55,57,59-62H2,1-5H3,(H-,66,69,70,71)/b10-8-,16-14-,22-20-,26-25-,29-28-,32-31-,35-34-,38-37-,41-40-,42-23+,50-48+,58-56+. The number of nitrogens with one attached hydrogen (secondary N) is 1. The van der Waals surface area contributed by atoms with E-state index in [0.717, 1.165) is 116 Å². The number of likely N-dealkylation sites (N-methyl/N-ethyl adjacent to an activating group) is 1. The molecule has 0 heterocycles. The fourth-order valence-electron chi connectivity index (χ4n) is 7.47. The molecule has 0 radical (unpaired) electrons. The molecule has 8 nitrogen and oxygen atoms in total. The Bertz CT molecular complexity index is 1710. The van der Waals surface area contributed by atoms with E-state index in [1.807, 2.05) is 27.2 Å². The number of amides is 1. The summed E-state index contributed by atoms with van der Waals surface area (Å²) in [6.07, 6.45) is 83.5. The number of phosphoric ester groups is 1. The summed E-state index contributed by atoms with van der Waals surface area (Å²) < 4.78 is 23.3. The molecule has 0 saturated carbocycles. The molecule has 0 saturated heterocycles. The van der Waals surface area contributed by atoms with Gasteiger partial charge in [0.05, 0.1) is 39.9 Å². The van der Waals surface area contributed by atoms with E-state index in [0.29, 0.717) is 17.4 Å². The summed E-state index contributed by atoms with van der Waals surface area (Å²) in [7, 11) is 1.20. The first-order chi connectivity index (χ1) is 36.0. The first kappa shape index (κ1) is 70.4. The molecule has 2 N–H and O–H groups in total. The van der Waals surface area contributed by atoms with Crippen molar-refractivity contribution in [2.75, 3.05) is 40.9 Å². The van der Waals surface area contributed by atoms with Crippen molar-refractivity contribution in [2.45, 2.75) is 219 Å². The summed E-state index contributed by atoms with van der Waals surface area (Å²) in [4.78, 5) is 25.5. The van der Waals surface area contributed by atoms with Crippen molar-refractivity contribution in [3.05, 3.63) is 146 Å². The van der Waals surface area contributed by atoms with Gasteiger partial charge in [0.2, 0.25) is 5.91 Å². The van der Waals surface area contributed by atoms with Crippen LogP contribution in [0.15, 0.2) is 146 Å². The van der Waals surface area contributed by atoms with Gasteiger partial charge in [0.15, 0.2) is 0 Å². The number of quaternary nitrogens is 1. The molecule has 3 atom stereocenters. The summed E-state index contributed by atoms with van der Waals surface area (Å²) in [5.74, 6) is -0.230. The molecule has 0 aliphatic rings. The van der Waals surface area contributed by atoms with Gasteiger partial charge in [-0.3, -0.25) is 9.36 Å². The molecule has 0 aromatic heterocycles. The van der Waals surface area contributed by atoms with Gasteiger partial charge >= 0.3 is 0 Å². The number of allylic oxidation sites excluding steroid dienone is 23. The Balaban J connectivity index is 4.28. The zero-order valence-corrected chi connectivity index (χ0v) is 48.6. The molecule has 0 aliphatic carbocycles. The monoisotopic (exact) mass is 1040 g/mol. The van der Waals surface area contributed by atoms with Crippen LogP contribution < -0.4 is 10.2 Å². The lowest BCUT2D eigenvalue weighted by Crippen LogP contribution is -2.45. The summed E-state index contributed by atoms with van der Waals surface area (Å²) in [6.45, 7) is 4.47. The molecule has 0 spiro atoms. The predicted octanol–water partition coefficient (Wildman–Crippen LogP) is 17.5. The van der Waals surface area contributed by atoms with Gasteiger partial charge in [0.1, 0.15) is 13.2 Å². The van der Waals surface area contributed by atoms with E-state index in [4.69, 9.17) is 9.05 Å². The molecule has 0 aromatic rings. The van der Waals surface area contributed by atoms with E-state index in [1.165, 1.54) is 70.6 Å². The van der Waals surface area contributed by atoms with E-state index >= 15 is 0 Å². The second kappa shape index (κ2) is 54.2. The number of aliphatic hydroxyl groups excluding tert-OH is 1. The van der Waals surface area contributed by atoms with Crippen molar-refractivity contribution >= 4 is 13.7 Å². The lowest BCUT2D eigenvalue weighted by atomic mass is 10.1. The van der Waals surface area contributed by atoms with E-state index in [1.54, 1.807) is 6.08 Å². The third-order valence-electron chi connectivity index (χ3n) is 12.0. The van der Waals surface area contributed by atoms with Crippen molar-refractivity contribution in [1.29, 1.82) is 0 Å². The number of rotatable bonds is 51. The fourth-order valence-corrected chi connectivity index (χ4v) is 8.19. The van der Waals surface area contributed by atoms with Gasteiger partial charge in [-0.05, 0) is 116 Å². The van der Waals surface area contributed by atoms with Crippen LogP contribution in [0.3, 0.4) is 0 Å². The average molecular weight is 1050 g/mol. The molecule has 420 valence electrons. The summed E-state index contributed by atoms with van der Waals surface area (Å²) in [5.41, 5.74) is 0. The Morgan fingerprint density at radius 3 is 1.26 bits per heavy atom. The van der Waals surface area contributed by atoms with Crippen LogP contribution in [0.5, 0.6) is 0 Å². The van der Waals surface area contributed by atoms with Gasteiger partial charge in [-0.15, -0.1) is 0 Å². The number of carbonyl (C=O) groups excluding carboxylic acids is 1. The zero-order valence-electron chi connectivity index (χ0n) is 47.7. The third kappa shape index (κ3) is 56.1. The summed E-state index contributed by atoms with van der Waals surface area (Å²) >= 11 is 0. The Morgan fingerprint density at radius 2 is 0.838 bits per heavy atom. The van der Waals surface area contributed by atoms with E-state index in [-0.39, 0.29) is 12.5 Å². The SMILES string of the molecule is CC/C=C\C/C=C\C/C=C\C/C=C\C/C=C\C/C=C\C/C=C\C/C=C\C/C=C\CCCCCCCCCC(=O)NC(COP(=O)([O-])OCC[N+](C)(C)C)C(O)/C=C/CC/C=C/CC/C=C/CCCCCCCCC. The minimum Gasteiger partial charge on any atom is -0.756 e. The minimum absolute atomic E-state index is 0.0194. The van der Waals surface area contributed by atoms with Crippen LogP contribution in [0.2, 0.25) is 0 Å². The Labute approximate surface area is 455 Å². The largest absolute Gasteiger partial charge is 0.756 e. The normalized spacial score (nSPS) is 15.0. The molecular formula is C65H109N2O6P. The quantitative estimate of drug-likeness (QED) is 0.0272. The zero-order chi connectivity index (χ0) is 54.2. The van der Waals surface area contributed by atoms with Gasteiger partial charge in [-0.2, -0.15) is 0 Å². The van der Waals surface area contributed by atoms with Crippen LogP contribution >= 0.6 is 7.82 Å². The van der Waals surface area contributed by atoms with Crippen molar-refractivity contribution in [3.8, 4) is 0 Å². The predicted molar refractivity (Wildman–Crippen MR) is 320 cm³/mol. The van der Waals surface area contributed by atoms with E-state index in [2.05, 4.69) is 153 Å². The van der Waals surface area contributed by atoms with Crippen molar-refractivity contribution in [3.63, 3.8) is 0 Å². The van der Waals surface area contributed by atoms with Crippen molar-refractivity contribution in [2.24, 2.45) is 0 Å². The number of hydrogen-bond acceptors (Lipinski definition) is 6. The lowest BCUT2D eigenvalue weighted by molar-refractivity contribution is -0.870. The molecule has 0 rings (SSSR count). The highest BCUT2D eigenvalue weighted by Crippen LogP contribution is 2.38. The first-order valence-electron chi connectivity index (χ1n) is 29.2. The number of unbranched alkanes of at least 4 members (excludes halogenated alkanes) is 16. The molecule has 0 aromatic carbocycles. The molecule has 0 aliphatic heterocycles. The van der Waals surface area contributed by atoms with Crippen LogP contribution in [0, 0.1) is 0 Å². The number of phosphoric acid groups is 1. The number of nitrogens with zero attached hydrogens (tertiary/aromatic N) is 1. The maximum atomic E-state index is 13.0. The number of carbonyl (C=O) groups is 1. The Hall–Kier alpha value is -3.62. The topological polar surface area (TPSA) is 108 Å². The Kier molecular flexibility index (Phi) is 51.5. The molecule has 1 amide bonds. The van der Waals surface area contributed by atoms with Crippen LogP contribution in [0.25, 0.3) is 0 Å². The molecular weight excluding hydrogens is 936 g/mol. The van der Waals surface area contributed by atoms with Gasteiger partial charge in [-0.1, -0.05) is 230 Å². The van der Waals surface area contributed by atoms with E-state index < -0.39 is 26.6 Å². The summed E-state index contributed by atoms with van der Waals surface area (Å²) in [5, 5.41) is 13.8. The van der Waals surface area contributed by atoms with Gasteiger partial charge in [0, 0.05) is 6.42 Å². The number of hydrogen-bond donors (Lipinski definition) is 2. The lowest BCUT2D eigenvalue weighted by Gasteiger charge is -2.29. The molecule has 3 unspecified atom stereocenters. The molecule has 0 fully saturated rings. The second-order valence-electron chi connectivity index (χ2n) is 20.2.